The van der Waals surface area contributed by atoms with Crippen molar-refractivity contribution in [1.82, 2.24) is 9.78 Å². The molecule has 2 aromatic rings. The fourth-order valence-electron chi connectivity index (χ4n) is 1.39. The van der Waals surface area contributed by atoms with Gasteiger partial charge in [-0.3, -0.25) is 4.68 Å². The molecular weight excluding hydrogens is 188 g/mol. The SMILES string of the molecule is C=Cc1nn(C)c2ccccc12.COC. The van der Waals surface area contributed by atoms with Crippen molar-refractivity contribution < 1.29 is 4.74 Å². The third-order valence-electron chi connectivity index (χ3n) is 1.98. The van der Waals surface area contributed by atoms with Crippen LogP contribution in [0, 0.1) is 0 Å². The first-order valence-corrected chi connectivity index (χ1v) is 4.69. The fraction of sp³-hybridized carbons (Fsp3) is 0.250. The van der Waals surface area contributed by atoms with Crippen LogP contribution in [0.4, 0.5) is 0 Å². The lowest BCUT2D eigenvalue weighted by Gasteiger charge is -1.90. The second kappa shape index (κ2) is 5.32. The standard InChI is InChI=1S/C10H10N2.C2H6O/c1-3-9-8-6-4-5-7-10(8)12(2)11-9;1-3-2/h3-7H,1H2,2H3;1-2H3. The third-order valence-corrected chi connectivity index (χ3v) is 1.98. The maximum Gasteiger partial charge on any atom is 0.0923 e. The highest BCUT2D eigenvalue weighted by atomic mass is 16.4. The summed E-state index contributed by atoms with van der Waals surface area (Å²) in [6.07, 6.45) is 1.78. The number of fused-ring (bicyclic) bond motifs is 1. The summed E-state index contributed by atoms with van der Waals surface area (Å²) in [6.45, 7) is 3.72. The minimum atomic E-state index is 0.952. The van der Waals surface area contributed by atoms with Crippen molar-refractivity contribution >= 4 is 17.0 Å². The molecule has 0 aliphatic heterocycles. The van der Waals surface area contributed by atoms with E-state index in [1.165, 1.54) is 0 Å². The molecule has 0 fully saturated rings. The molecule has 3 nitrogen and oxygen atoms in total. The Morgan fingerprint density at radius 1 is 1.33 bits per heavy atom. The van der Waals surface area contributed by atoms with Crippen molar-refractivity contribution in [2.75, 3.05) is 14.2 Å². The van der Waals surface area contributed by atoms with Gasteiger partial charge < -0.3 is 4.74 Å². The predicted molar refractivity (Wildman–Crippen MR) is 63.7 cm³/mol. The maximum atomic E-state index is 4.31. The van der Waals surface area contributed by atoms with Crippen molar-refractivity contribution in [3.8, 4) is 0 Å². The normalized spacial score (nSPS) is 9.53. The molecule has 1 aromatic heterocycles. The van der Waals surface area contributed by atoms with Crippen molar-refractivity contribution in [3.05, 3.63) is 36.5 Å². The Balaban J connectivity index is 0.000000337. The van der Waals surface area contributed by atoms with Crippen molar-refractivity contribution in [2.45, 2.75) is 0 Å². The molecule has 0 amide bonds. The molecule has 80 valence electrons. The molecule has 0 bridgehead atoms. The van der Waals surface area contributed by atoms with Crippen LogP contribution in [0.15, 0.2) is 30.8 Å². The number of benzene rings is 1. The van der Waals surface area contributed by atoms with Gasteiger partial charge in [0.2, 0.25) is 0 Å². The van der Waals surface area contributed by atoms with E-state index in [0.717, 1.165) is 16.6 Å². The number of aromatic nitrogens is 2. The molecule has 3 heteroatoms. The molecule has 0 saturated carbocycles. The fourth-order valence-corrected chi connectivity index (χ4v) is 1.39. The first-order valence-electron chi connectivity index (χ1n) is 4.69. The van der Waals surface area contributed by atoms with Crippen LogP contribution in [0.3, 0.4) is 0 Å². The Kier molecular flexibility index (Phi) is 4.06. The van der Waals surface area contributed by atoms with Gasteiger partial charge in [-0.25, -0.2) is 0 Å². The zero-order chi connectivity index (χ0) is 11.3. The summed E-state index contributed by atoms with van der Waals surface area (Å²) in [4.78, 5) is 0. The van der Waals surface area contributed by atoms with Gasteiger partial charge >= 0.3 is 0 Å². The van der Waals surface area contributed by atoms with E-state index >= 15 is 0 Å². The summed E-state index contributed by atoms with van der Waals surface area (Å²) in [5.41, 5.74) is 2.10. The van der Waals surface area contributed by atoms with Gasteiger partial charge in [0, 0.05) is 26.7 Å². The van der Waals surface area contributed by atoms with Crippen molar-refractivity contribution in [1.29, 1.82) is 0 Å². The van der Waals surface area contributed by atoms with E-state index in [4.69, 9.17) is 0 Å². The van der Waals surface area contributed by atoms with E-state index in [1.807, 2.05) is 23.9 Å². The Bertz CT molecular complexity index is 446. The van der Waals surface area contributed by atoms with E-state index in [1.54, 1.807) is 20.3 Å². The van der Waals surface area contributed by atoms with Crippen LogP contribution in [0.2, 0.25) is 0 Å². The van der Waals surface area contributed by atoms with Crippen LogP contribution in [-0.2, 0) is 11.8 Å². The van der Waals surface area contributed by atoms with Crippen molar-refractivity contribution in [2.24, 2.45) is 7.05 Å². The molecule has 0 unspecified atom stereocenters. The Morgan fingerprint density at radius 3 is 2.53 bits per heavy atom. The molecule has 0 aliphatic carbocycles. The molecule has 0 N–H and O–H groups in total. The second-order valence-corrected chi connectivity index (χ2v) is 3.14. The lowest BCUT2D eigenvalue weighted by Crippen LogP contribution is -1.88. The van der Waals surface area contributed by atoms with Crippen LogP contribution < -0.4 is 0 Å². The van der Waals surface area contributed by atoms with Crippen LogP contribution in [-0.4, -0.2) is 24.0 Å². The molecule has 15 heavy (non-hydrogen) atoms. The lowest BCUT2D eigenvalue weighted by molar-refractivity contribution is 0.277. The summed E-state index contributed by atoms with van der Waals surface area (Å²) in [7, 11) is 5.19. The number of aryl methyl sites for hydroxylation is 1. The Morgan fingerprint density at radius 2 is 1.93 bits per heavy atom. The molecule has 0 atom stereocenters. The van der Waals surface area contributed by atoms with Crippen LogP contribution in [0.1, 0.15) is 5.69 Å². The zero-order valence-corrected chi connectivity index (χ0v) is 9.40. The minimum Gasteiger partial charge on any atom is -0.388 e. The summed E-state index contributed by atoms with van der Waals surface area (Å²) in [5.74, 6) is 0. The highest BCUT2D eigenvalue weighted by Crippen LogP contribution is 2.17. The van der Waals surface area contributed by atoms with Gasteiger partial charge in [-0.05, 0) is 12.1 Å². The monoisotopic (exact) mass is 204 g/mol. The number of para-hydroxylation sites is 1. The number of hydrogen-bond donors (Lipinski definition) is 0. The van der Waals surface area contributed by atoms with Crippen molar-refractivity contribution in [3.63, 3.8) is 0 Å². The summed E-state index contributed by atoms with van der Waals surface area (Å²) < 4.78 is 6.12. The average molecular weight is 204 g/mol. The van der Waals surface area contributed by atoms with Gasteiger partial charge in [0.1, 0.15) is 0 Å². The predicted octanol–water partition coefficient (Wildman–Crippen LogP) is 2.48. The van der Waals surface area contributed by atoms with Gasteiger partial charge in [-0.2, -0.15) is 5.10 Å². The third kappa shape index (κ3) is 2.44. The highest BCUT2D eigenvalue weighted by molar-refractivity contribution is 5.86. The Labute approximate surface area is 90.0 Å². The molecule has 1 aromatic carbocycles. The number of hydrogen-bond acceptors (Lipinski definition) is 2. The van der Waals surface area contributed by atoms with Gasteiger partial charge in [0.25, 0.3) is 0 Å². The van der Waals surface area contributed by atoms with Gasteiger partial charge in [-0.1, -0.05) is 24.8 Å². The molecule has 0 spiro atoms. The number of methoxy groups -OCH3 is 1. The summed E-state index contributed by atoms with van der Waals surface area (Å²) in [5, 5.41) is 5.47. The average Bonchev–Trinajstić information content (AvgIpc) is 2.58. The quantitative estimate of drug-likeness (QED) is 0.713. The molecule has 0 aliphatic rings. The van der Waals surface area contributed by atoms with Gasteiger partial charge in [0.15, 0.2) is 0 Å². The summed E-state index contributed by atoms with van der Waals surface area (Å²) in [6, 6.07) is 8.13. The molecule has 0 radical (unpaired) electrons. The lowest BCUT2D eigenvalue weighted by atomic mass is 10.2. The maximum absolute atomic E-state index is 4.31. The second-order valence-electron chi connectivity index (χ2n) is 3.14. The minimum absolute atomic E-state index is 0.952. The number of ether oxygens (including phenoxy) is 1. The zero-order valence-electron chi connectivity index (χ0n) is 9.40. The van der Waals surface area contributed by atoms with E-state index in [9.17, 15) is 0 Å². The summed E-state index contributed by atoms with van der Waals surface area (Å²) >= 11 is 0. The highest BCUT2D eigenvalue weighted by Gasteiger charge is 2.02. The van der Waals surface area contributed by atoms with Gasteiger partial charge in [0.05, 0.1) is 11.2 Å². The number of nitrogens with zero attached hydrogens (tertiary/aromatic N) is 2. The molecule has 2 rings (SSSR count). The van der Waals surface area contributed by atoms with Gasteiger partial charge in [-0.15, -0.1) is 0 Å². The van der Waals surface area contributed by atoms with E-state index in [-0.39, 0.29) is 0 Å². The Hall–Kier alpha value is -1.61. The topological polar surface area (TPSA) is 27.1 Å². The first kappa shape index (κ1) is 11.5. The largest absolute Gasteiger partial charge is 0.388 e. The van der Waals surface area contributed by atoms with Crippen LogP contribution in [0.25, 0.3) is 17.0 Å². The van der Waals surface area contributed by atoms with E-state index in [0.29, 0.717) is 0 Å². The first-order chi connectivity index (χ1) is 7.24. The molecular formula is C12H16N2O. The van der Waals surface area contributed by atoms with E-state index in [2.05, 4.69) is 28.5 Å². The number of rotatable bonds is 1. The van der Waals surface area contributed by atoms with E-state index < -0.39 is 0 Å². The van der Waals surface area contributed by atoms with Crippen LogP contribution >= 0.6 is 0 Å². The van der Waals surface area contributed by atoms with Crippen LogP contribution in [0.5, 0.6) is 0 Å². The molecule has 1 heterocycles. The molecule has 0 saturated heterocycles. The smallest absolute Gasteiger partial charge is 0.0923 e.